The Labute approximate surface area is 177 Å². The number of halogens is 2. The van der Waals surface area contributed by atoms with E-state index in [1.54, 1.807) is 36.3 Å². The highest BCUT2D eigenvalue weighted by Gasteiger charge is 2.13. The number of nitrogens with one attached hydrogen (secondary N) is 1. The highest BCUT2D eigenvalue weighted by Crippen LogP contribution is 2.29. The number of hydrogen-bond donors (Lipinski definition) is 1. The number of aryl methyl sites for hydroxylation is 2. The molecule has 2 heterocycles. The Morgan fingerprint density at radius 1 is 1.03 bits per heavy atom. The van der Waals surface area contributed by atoms with Crippen LogP contribution in [-0.2, 0) is 0 Å². The van der Waals surface area contributed by atoms with Crippen molar-refractivity contribution in [2.24, 2.45) is 0 Å². The average molecular weight is 429 g/mol. The van der Waals surface area contributed by atoms with Gasteiger partial charge in [0.05, 0.1) is 35.5 Å². The zero-order valence-electron chi connectivity index (χ0n) is 16.0. The number of nitrogens with zero attached hydrogens (tertiary/aromatic N) is 5. The van der Waals surface area contributed by atoms with Crippen LogP contribution in [0.4, 0.5) is 11.6 Å². The average Bonchev–Trinajstić information content (AvgIpc) is 3.27. The number of anilines is 2. The van der Waals surface area contributed by atoms with Crippen LogP contribution in [0.15, 0.2) is 48.9 Å². The molecule has 0 saturated heterocycles. The van der Waals surface area contributed by atoms with Crippen molar-refractivity contribution in [3.05, 3.63) is 70.5 Å². The summed E-state index contributed by atoms with van der Waals surface area (Å²) in [6.07, 6.45) is 3.69. The lowest BCUT2D eigenvalue weighted by molar-refractivity contribution is 0.413. The van der Waals surface area contributed by atoms with Gasteiger partial charge >= 0.3 is 0 Å². The number of methoxy groups -OCH3 is 1. The first-order chi connectivity index (χ1) is 13.9. The molecule has 4 rings (SSSR count). The van der Waals surface area contributed by atoms with Crippen LogP contribution >= 0.6 is 23.2 Å². The van der Waals surface area contributed by atoms with Crippen molar-refractivity contribution in [2.45, 2.75) is 13.8 Å². The van der Waals surface area contributed by atoms with Crippen LogP contribution < -0.4 is 10.1 Å². The van der Waals surface area contributed by atoms with Gasteiger partial charge < -0.3 is 14.6 Å². The molecule has 0 unspecified atom stereocenters. The number of benzene rings is 2. The summed E-state index contributed by atoms with van der Waals surface area (Å²) in [6.45, 7) is 3.80. The van der Waals surface area contributed by atoms with E-state index in [9.17, 15) is 0 Å². The van der Waals surface area contributed by atoms with E-state index in [-0.39, 0.29) is 0 Å². The fourth-order valence-electron chi connectivity index (χ4n) is 2.97. The molecule has 9 heteroatoms. The Morgan fingerprint density at radius 2 is 1.83 bits per heavy atom. The SMILES string of the molecule is COc1cc(Nc2nc(C)n(-c3ccc(Cl)cc3Cl)n2)ccc1-n1cnc(C)c1. The minimum absolute atomic E-state index is 0.446. The van der Waals surface area contributed by atoms with Crippen molar-refractivity contribution in [3.8, 4) is 17.1 Å². The number of imidazole rings is 1. The van der Waals surface area contributed by atoms with Gasteiger partial charge in [0.1, 0.15) is 11.6 Å². The number of rotatable bonds is 5. The maximum absolute atomic E-state index is 6.30. The molecule has 0 fully saturated rings. The maximum Gasteiger partial charge on any atom is 0.247 e. The molecule has 0 saturated carbocycles. The first-order valence-corrected chi connectivity index (χ1v) is 9.55. The predicted molar refractivity (Wildman–Crippen MR) is 114 cm³/mol. The van der Waals surface area contributed by atoms with Gasteiger partial charge in [0.15, 0.2) is 0 Å². The second kappa shape index (κ2) is 7.77. The van der Waals surface area contributed by atoms with Gasteiger partial charge in [-0.3, -0.25) is 0 Å². The van der Waals surface area contributed by atoms with Crippen LogP contribution in [0.5, 0.6) is 5.75 Å². The van der Waals surface area contributed by atoms with Crippen LogP contribution in [0.2, 0.25) is 10.0 Å². The minimum Gasteiger partial charge on any atom is -0.494 e. The van der Waals surface area contributed by atoms with E-state index in [0.29, 0.717) is 33.3 Å². The van der Waals surface area contributed by atoms with E-state index in [2.05, 4.69) is 20.4 Å². The molecule has 148 valence electrons. The van der Waals surface area contributed by atoms with Crippen molar-refractivity contribution < 1.29 is 4.74 Å². The fraction of sp³-hybridized carbons (Fsp3) is 0.150. The van der Waals surface area contributed by atoms with Crippen molar-refractivity contribution in [2.75, 3.05) is 12.4 Å². The van der Waals surface area contributed by atoms with Crippen molar-refractivity contribution in [3.63, 3.8) is 0 Å². The van der Waals surface area contributed by atoms with Gasteiger partial charge in [-0.15, -0.1) is 5.10 Å². The smallest absolute Gasteiger partial charge is 0.247 e. The van der Waals surface area contributed by atoms with E-state index in [1.165, 1.54) is 0 Å². The molecule has 29 heavy (non-hydrogen) atoms. The first-order valence-electron chi connectivity index (χ1n) is 8.79. The summed E-state index contributed by atoms with van der Waals surface area (Å²) >= 11 is 12.3. The topological polar surface area (TPSA) is 69.8 Å². The lowest BCUT2D eigenvalue weighted by Crippen LogP contribution is -2.01. The monoisotopic (exact) mass is 428 g/mol. The fourth-order valence-corrected chi connectivity index (χ4v) is 3.46. The summed E-state index contributed by atoms with van der Waals surface area (Å²) in [5, 5.41) is 8.79. The molecule has 4 aromatic rings. The lowest BCUT2D eigenvalue weighted by Gasteiger charge is -2.11. The van der Waals surface area contributed by atoms with Gasteiger partial charge in [-0.1, -0.05) is 23.2 Å². The second-order valence-electron chi connectivity index (χ2n) is 6.42. The van der Waals surface area contributed by atoms with Gasteiger partial charge in [-0.25, -0.2) is 9.67 Å². The largest absolute Gasteiger partial charge is 0.494 e. The van der Waals surface area contributed by atoms with E-state index in [4.69, 9.17) is 27.9 Å². The van der Waals surface area contributed by atoms with Gasteiger partial charge in [-0.2, -0.15) is 4.98 Å². The molecule has 2 aromatic carbocycles. The van der Waals surface area contributed by atoms with Gasteiger partial charge in [0.2, 0.25) is 5.95 Å². The number of hydrogen-bond acceptors (Lipinski definition) is 5. The first kappa shape index (κ1) is 19.3. The molecule has 7 nitrogen and oxygen atoms in total. The predicted octanol–water partition coefficient (Wildman–Crippen LogP) is 5.13. The van der Waals surface area contributed by atoms with E-state index in [0.717, 1.165) is 17.1 Å². The van der Waals surface area contributed by atoms with Crippen LogP contribution in [0, 0.1) is 13.8 Å². The van der Waals surface area contributed by atoms with Crippen LogP contribution in [0.1, 0.15) is 11.5 Å². The number of aromatic nitrogens is 5. The third-order valence-corrected chi connectivity index (χ3v) is 4.87. The van der Waals surface area contributed by atoms with Crippen LogP contribution in [0.3, 0.4) is 0 Å². The zero-order valence-corrected chi connectivity index (χ0v) is 17.5. The van der Waals surface area contributed by atoms with Crippen molar-refractivity contribution in [1.82, 2.24) is 24.3 Å². The van der Waals surface area contributed by atoms with Gasteiger partial charge in [-0.05, 0) is 44.2 Å². The Hall–Kier alpha value is -3.03. The molecule has 0 aliphatic carbocycles. The molecule has 0 atom stereocenters. The minimum atomic E-state index is 0.446. The van der Waals surface area contributed by atoms with E-state index in [1.807, 2.05) is 42.8 Å². The molecular weight excluding hydrogens is 411 g/mol. The lowest BCUT2D eigenvalue weighted by atomic mass is 10.2. The van der Waals surface area contributed by atoms with E-state index < -0.39 is 0 Å². The third-order valence-electron chi connectivity index (χ3n) is 4.33. The Bertz CT molecular complexity index is 1180. The normalized spacial score (nSPS) is 10.9. The van der Waals surface area contributed by atoms with Crippen LogP contribution in [-0.4, -0.2) is 31.4 Å². The third kappa shape index (κ3) is 3.92. The summed E-state index contributed by atoms with van der Waals surface area (Å²) in [7, 11) is 1.63. The second-order valence-corrected chi connectivity index (χ2v) is 7.27. The summed E-state index contributed by atoms with van der Waals surface area (Å²) in [5.41, 5.74) is 3.32. The summed E-state index contributed by atoms with van der Waals surface area (Å²) in [6, 6.07) is 11.0. The molecule has 0 amide bonds. The Kier molecular flexibility index (Phi) is 5.17. The molecule has 0 bridgehead atoms. The molecule has 1 N–H and O–H groups in total. The Morgan fingerprint density at radius 3 is 2.52 bits per heavy atom. The van der Waals surface area contributed by atoms with Gasteiger partial charge in [0.25, 0.3) is 0 Å². The van der Waals surface area contributed by atoms with Gasteiger partial charge in [0, 0.05) is 23.0 Å². The highest BCUT2D eigenvalue weighted by atomic mass is 35.5. The van der Waals surface area contributed by atoms with Crippen LogP contribution in [0.25, 0.3) is 11.4 Å². The highest BCUT2D eigenvalue weighted by molar-refractivity contribution is 6.35. The molecule has 0 radical (unpaired) electrons. The molecular formula is C20H18Cl2N6O. The Balaban J connectivity index is 1.63. The summed E-state index contributed by atoms with van der Waals surface area (Å²) in [5.74, 6) is 1.83. The molecule has 2 aromatic heterocycles. The van der Waals surface area contributed by atoms with Crippen molar-refractivity contribution in [1.29, 1.82) is 0 Å². The molecule has 0 aliphatic heterocycles. The summed E-state index contributed by atoms with van der Waals surface area (Å²) < 4.78 is 9.13. The standard InChI is InChI=1S/C20H18Cl2N6O/c1-12-10-27(11-23-12)18-7-5-15(9-19(18)29-3)25-20-24-13(2)28(26-20)17-6-4-14(21)8-16(17)22/h4-11H,1-3H3,(H,25,26). The quantitative estimate of drug-likeness (QED) is 0.477. The molecule has 0 aliphatic rings. The summed E-state index contributed by atoms with van der Waals surface area (Å²) in [4.78, 5) is 8.74. The zero-order chi connectivity index (χ0) is 20.5. The van der Waals surface area contributed by atoms with E-state index >= 15 is 0 Å². The van der Waals surface area contributed by atoms with Crippen molar-refractivity contribution >= 4 is 34.8 Å². The maximum atomic E-state index is 6.30. The molecule has 0 spiro atoms. The number of ether oxygens (including phenoxy) is 1.